The summed E-state index contributed by atoms with van der Waals surface area (Å²) in [4.78, 5) is 0. The summed E-state index contributed by atoms with van der Waals surface area (Å²) in [5.74, 6) is 0.797. The van der Waals surface area contributed by atoms with E-state index in [0.29, 0.717) is 19.3 Å². The topological polar surface area (TPSA) is 47.9 Å². The first-order valence-electron chi connectivity index (χ1n) is 6.92. The zero-order chi connectivity index (χ0) is 13.7. The number of ether oxygens (including phenoxy) is 3. The number of benzene rings is 1. The minimum atomic E-state index is -0.803. The van der Waals surface area contributed by atoms with Gasteiger partial charge in [0.2, 0.25) is 0 Å². The summed E-state index contributed by atoms with van der Waals surface area (Å²) >= 11 is 0. The minimum Gasteiger partial charge on any atom is -0.490 e. The molecule has 0 aliphatic heterocycles. The number of rotatable bonds is 8. The van der Waals surface area contributed by atoms with Crippen molar-refractivity contribution >= 4 is 0 Å². The van der Waals surface area contributed by atoms with Gasteiger partial charge >= 0.3 is 0 Å². The van der Waals surface area contributed by atoms with E-state index in [4.69, 9.17) is 14.2 Å². The molecule has 1 fully saturated rings. The molecular weight excluding hydrogens is 244 g/mol. The Labute approximate surface area is 114 Å². The lowest BCUT2D eigenvalue weighted by Crippen LogP contribution is -2.25. The Balaban J connectivity index is 2.04. The van der Waals surface area contributed by atoms with Gasteiger partial charge in [0, 0.05) is 13.2 Å². The van der Waals surface area contributed by atoms with Crippen LogP contribution < -0.4 is 4.74 Å². The average Bonchev–Trinajstić information content (AvgIpc) is 3.22. The molecule has 4 nitrogen and oxygen atoms in total. The predicted molar refractivity (Wildman–Crippen MR) is 72.1 cm³/mol. The summed E-state index contributed by atoms with van der Waals surface area (Å²) in [5, 5.41) is 10.3. The van der Waals surface area contributed by atoms with Gasteiger partial charge in [-0.25, -0.2) is 0 Å². The molecule has 1 saturated carbocycles. The first-order chi connectivity index (χ1) is 9.24. The fraction of sp³-hybridized carbons (Fsp3) is 0.600. The van der Waals surface area contributed by atoms with Gasteiger partial charge in [-0.1, -0.05) is 12.1 Å². The lowest BCUT2D eigenvalue weighted by atomic mass is 10.1. The first-order valence-corrected chi connectivity index (χ1v) is 6.92. The minimum absolute atomic E-state index is 0.349. The third kappa shape index (κ3) is 4.20. The Morgan fingerprint density at radius 1 is 1.21 bits per heavy atom. The van der Waals surface area contributed by atoms with E-state index >= 15 is 0 Å². The van der Waals surface area contributed by atoms with E-state index in [-0.39, 0.29) is 0 Å². The van der Waals surface area contributed by atoms with E-state index in [1.54, 1.807) is 0 Å². The second-order valence-corrected chi connectivity index (χ2v) is 4.61. The van der Waals surface area contributed by atoms with Crippen molar-refractivity contribution in [1.82, 2.24) is 0 Å². The summed E-state index contributed by atoms with van der Waals surface area (Å²) in [6.07, 6.45) is 1.15. The van der Waals surface area contributed by atoms with Crippen LogP contribution in [0.4, 0.5) is 0 Å². The average molecular weight is 266 g/mol. The van der Waals surface area contributed by atoms with Crippen molar-refractivity contribution in [3.8, 4) is 5.75 Å². The van der Waals surface area contributed by atoms with E-state index < -0.39 is 12.4 Å². The molecule has 0 spiro atoms. The lowest BCUT2D eigenvalue weighted by molar-refractivity contribution is -0.191. The molecule has 0 bridgehead atoms. The van der Waals surface area contributed by atoms with Crippen molar-refractivity contribution in [2.24, 2.45) is 0 Å². The largest absolute Gasteiger partial charge is 0.490 e. The van der Waals surface area contributed by atoms with Crippen LogP contribution >= 0.6 is 0 Å². The van der Waals surface area contributed by atoms with Crippen LogP contribution in [0, 0.1) is 0 Å². The van der Waals surface area contributed by atoms with E-state index in [1.807, 2.05) is 38.1 Å². The van der Waals surface area contributed by atoms with Crippen LogP contribution in [0.2, 0.25) is 0 Å². The van der Waals surface area contributed by atoms with Gasteiger partial charge in [-0.3, -0.25) is 0 Å². The predicted octanol–water partition coefficient (Wildman–Crippen LogP) is 2.66. The third-order valence-corrected chi connectivity index (χ3v) is 2.95. The van der Waals surface area contributed by atoms with Crippen LogP contribution in [0.1, 0.15) is 38.4 Å². The normalized spacial score (nSPS) is 16.6. The number of hydrogen-bond acceptors (Lipinski definition) is 4. The maximum absolute atomic E-state index is 10.3. The second-order valence-electron chi connectivity index (χ2n) is 4.61. The molecule has 4 heteroatoms. The van der Waals surface area contributed by atoms with Gasteiger partial charge in [0.05, 0.1) is 6.10 Å². The molecule has 0 saturated heterocycles. The highest BCUT2D eigenvalue weighted by Crippen LogP contribution is 2.29. The molecule has 1 atom stereocenters. The van der Waals surface area contributed by atoms with Crippen LogP contribution in [0.25, 0.3) is 0 Å². The van der Waals surface area contributed by atoms with Crippen molar-refractivity contribution < 1.29 is 19.3 Å². The van der Waals surface area contributed by atoms with E-state index in [2.05, 4.69) is 0 Å². The molecule has 1 aromatic rings. The zero-order valence-electron chi connectivity index (χ0n) is 11.5. The molecule has 0 aromatic heterocycles. The van der Waals surface area contributed by atoms with Gasteiger partial charge < -0.3 is 19.3 Å². The number of aliphatic hydroxyl groups is 1. The highest BCUT2D eigenvalue weighted by Gasteiger charge is 2.25. The molecule has 106 valence electrons. The maximum Gasteiger partial charge on any atom is 0.187 e. The van der Waals surface area contributed by atoms with Gasteiger partial charge in [0.25, 0.3) is 0 Å². The molecule has 1 aliphatic rings. The highest BCUT2D eigenvalue weighted by molar-refractivity contribution is 5.30. The van der Waals surface area contributed by atoms with E-state index in [0.717, 1.165) is 24.2 Å². The summed E-state index contributed by atoms with van der Waals surface area (Å²) in [6.45, 7) is 4.76. The fourth-order valence-corrected chi connectivity index (χ4v) is 1.87. The Morgan fingerprint density at radius 3 is 2.47 bits per heavy atom. The zero-order valence-corrected chi connectivity index (χ0v) is 11.5. The van der Waals surface area contributed by atoms with Gasteiger partial charge in [-0.2, -0.15) is 0 Å². The molecule has 0 radical (unpaired) electrons. The fourth-order valence-electron chi connectivity index (χ4n) is 1.87. The van der Waals surface area contributed by atoms with Crippen molar-refractivity contribution in [2.75, 3.05) is 13.2 Å². The van der Waals surface area contributed by atoms with Gasteiger partial charge in [-0.15, -0.1) is 0 Å². The van der Waals surface area contributed by atoms with Crippen LogP contribution in [0.5, 0.6) is 5.75 Å². The SMILES string of the molecule is CCOC(OCC)C(O)c1cccc(OC2CC2)c1. The number of hydrogen-bond donors (Lipinski definition) is 1. The summed E-state index contributed by atoms with van der Waals surface area (Å²) in [6, 6.07) is 7.50. The van der Waals surface area contributed by atoms with Crippen LogP contribution in [0.3, 0.4) is 0 Å². The lowest BCUT2D eigenvalue weighted by Gasteiger charge is -2.23. The monoisotopic (exact) mass is 266 g/mol. The van der Waals surface area contributed by atoms with Gasteiger partial charge in [0.15, 0.2) is 6.29 Å². The quantitative estimate of drug-likeness (QED) is 0.735. The van der Waals surface area contributed by atoms with Gasteiger partial charge in [-0.05, 0) is 44.4 Å². The van der Waals surface area contributed by atoms with Crippen molar-refractivity contribution in [1.29, 1.82) is 0 Å². The third-order valence-electron chi connectivity index (χ3n) is 2.95. The Morgan fingerprint density at radius 2 is 1.89 bits per heavy atom. The highest BCUT2D eigenvalue weighted by atomic mass is 16.7. The Hall–Kier alpha value is -1.10. The molecule has 0 amide bonds. The summed E-state index contributed by atoms with van der Waals surface area (Å²) in [7, 11) is 0. The standard InChI is InChI=1S/C15H22O4/c1-3-17-15(18-4-2)14(16)11-6-5-7-13(10-11)19-12-8-9-12/h5-7,10,12,14-16H,3-4,8-9H2,1-2H3. The molecule has 1 aliphatic carbocycles. The second kappa shape index (κ2) is 6.89. The molecule has 2 rings (SSSR count). The van der Waals surface area contributed by atoms with Crippen LogP contribution in [-0.4, -0.2) is 30.7 Å². The maximum atomic E-state index is 10.3. The molecular formula is C15H22O4. The molecule has 1 N–H and O–H groups in total. The van der Waals surface area contributed by atoms with Gasteiger partial charge in [0.1, 0.15) is 11.9 Å². The van der Waals surface area contributed by atoms with E-state index in [9.17, 15) is 5.11 Å². The summed E-state index contributed by atoms with van der Waals surface area (Å²) in [5.41, 5.74) is 0.755. The van der Waals surface area contributed by atoms with Crippen molar-refractivity contribution in [3.05, 3.63) is 29.8 Å². The smallest absolute Gasteiger partial charge is 0.187 e. The molecule has 1 unspecified atom stereocenters. The molecule has 1 aromatic carbocycles. The molecule has 19 heavy (non-hydrogen) atoms. The number of aliphatic hydroxyl groups excluding tert-OH is 1. The van der Waals surface area contributed by atoms with E-state index in [1.165, 1.54) is 0 Å². The Kier molecular flexibility index (Phi) is 5.19. The van der Waals surface area contributed by atoms with Crippen molar-refractivity contribution in [2.45, 2.75) is 45.2 Å². The molecule has 0 heterocycles. The van der Waals surface area contributed by atoms with Crippen LogP contribution in [0.15, 0.2) is 24.3 Å². The Bertz CT molecular complexity index is 383. The van der Waals surface area contributed by atoms with Crippen LogP contribution in [-0.2, 0) is 9.47 Å². The van der Waals surface area contributed by atoms with Crippen molar-refractivity contribution in [3.63, 3.8) is 0 Å². The first kappa shape index (κ1) is 14.3. The summed E-state index contributed by atoms with van der Waals surface area (Å²) < 4.78 is 16.6.